The number of esters is 1. The van der Waals surface area contributed by atoms with Crippen LogP contribution in [0, 0.1) is 0 Å². The van der Waals surface area contributed by atoms with E-state index in [2.05, 4.69) is 72.8 Å². The van der Waals surface area contributed by atoms with E-state index in [-0.39, 0.29) is 5.97 Å². The van der Waals surface area contributed by atoms with Gasteiger partial charge in [-0.15, -0.1) is 0 Å². The van der Waals surface area contributed by atoms with Gasteiger partial charge in [-0.1, -0.05) is 54.6 Å². The van der Waals surface area contributed by atoms with E-state index in [1.54, 1.807) is 6.08 Å². The molecule has 3 aromatic rings. The summed E-state index contributed by atoms with van der Waals surface area (Å²) in [6.45, 7) is 5.65. The summed E-state index contributed by atoms with van der Waals surface area (Å²) in [5, 5.41) is 3.89. The third-order valence-electron chi connectivity index (χ3n) is 4.63. The smallest absolute Gasteiger partial charge is 0.331 e. The first-order chi connectivity index (χ1) is 13.9. The van der Waals surface area contributed by atoms with Crippen molar-refractivity contribution in [2.45, 2.75) is 26.4 Å². The highest BCUT2D eigenvalue weighted by Crippen LogP contribution is 2.55. The first-order valence-electron chi connectivity index (χ1n) is 9.86. The molecule has 0 aliphatic heterocycles. The average molecular weight is 403 g/mol. The third kappa shape index (κ3) is 5.22. The summed E-state index contributed by atoms with van der Waals surface area (Å²) < 4.78 is 5.46. The Kier molecular flexibility index (Phi) is 6.67. The summed E-state index contributed by atoms with van der Waals surface area (Å²) in [6, 6.07) is 31.9. The lowest BCUT2D eigenvalue weighted by Crippen LogP contribution is -2.33. The van der Waals surface area contributed by atoms with E-state index in [0.29, 0.717) is 0 Å². The SMILES string of the molecule is CC(C)(C)OC(=O)C=CC[P+](c1ccccc1)(c1ccccc1)c1ccccc1. The van der Waals surface area contributed by atoms with Crippen molar-refractivity contribution < 1.29 is 9.53 Å². The average Bonchev–Trinajstić information content (AvgIpc) is 2.72. The largest absolute Gasteiger partial charge is 0.457 e. The molecule has 3 rings (SSSR count). The van der Waals surface area contributed by atoms with Gasteiger partial charge in [0.2, 0.25) is 0 Å². The molecule has 0 heterocycles. The van der Waals surface area contributed by atoms with Crippen LogP contribution in [0.3, 0.4) is 0 Å². The Balaban J connectivity index is 2.09. The van der Waals surface area contributed by atoms with Crippen LogP contribution in [0.25, 0.3) is 0 Å². The number of benzene rings is 3. The lowest BCUT2D eigenvalue weighted by atomic mass is 10.2. The maximum absolute atomic E-state index is 12.3. The van der Waals surface area contributed by atoms with Gasteiger partial charge in [0.05, 0.1) is 6.16 Å². The van der Waals surface area contributed by atoms with Crippen LogP contribution in [-0.4, -0.2) is 17.7 Å². The van der Waals surface area contributed by atoms with Crippen LogP contribution in [0.4, 0.5) is 0 Å². The number of ether oxygens (including phenoxy) is 1. The maximum Gasteiger partial charge on any atom is 0.331 e. The molecule has 0 unspecified atom stereocenters. The molecule has 0 radical (unpaired) electrons. The Labute approximate surface area is 174 Å². The van der Waals surface area contributed by atoms with E-state index in [9.17, 15) is 4.79 Å². The van der Waals surface area contributed by atoms with Gasteiger partial charge in [-0.2, -0.15) is 0 Å². The highest BCUT2D eigenvalue weighted by Gasteiger charge is 2.44. The van der Waals surface area contributed by atoms with Gasteiger partial charge in [0, 0.05) is 6.08 Å². The van der Waals surface area contributed by atoms with Crippen molar-refractivity contribution in [2.24, 2.45) is 0 Å². The first kappa shape index (κ1) is 21.0. The zero-order valence-corrected chi connectivity index (χ0v) is 18.2. The second-order valence-corrected chi connectivity index (χ2v) is 11.5. The van der Waals surface area contributed by atoms with Crippen LogP contribution in [-0.2, 0) is 9.53 Å². The molecule has 0 amide bonds. The molecule has 0 aromatic heterocycles. The van der Waals surface area contributed by atoms with Gasteiger partial charge >= 0.3 is 5.97 Å². The molecule has 0 bridgehead atoms. The highest BCUT2D eigenvalue weighted by molar-refractivity contribution is 7.95. The molecule has 0 N–H and O–H groups in total. The summed E-state index contributed by atoms with van der Waals surface area (Å²) >= 11 is 0. The van der Waals surface area contributed by atoms with E-state index in [0.717, 1.165) is 6.16 Å². The molecule has 3 heteroatoms. The van der Waals surface area contributed by atoms with Crippen molar-refractivity contribution in [1.29, 1.82) is 0 Å². The summed E-state index contributed by atoms with van der Waals surface area (Å²) in [5.41, 5.74) is -0.494. The zero-order valence-electron chi connectivity index (χ0n) is 17.3. The van der Waals surface area contributed by atoms with Crippen LogP contribution in [0.15, 0.2) is 103 Å². The van der Waals surface area contributed by atoms with Gasteiger partial charge in [0.25, 0.3) is 0 Å². The van der Waals surface area contributed by atoms with E-state index < -0.39 is 12.9 Å². The number of carbonyl (C=O) groups is 1. The maximum atomic E-state index is 12.3. The minimum absolute atomic E-state index is 0.301. The monoisotopic (exact) mass is 403 g/mol. The fourth-order valence-electron chi connectivity index (χ4n) is 3.45. The molecular weight excluding hydrogens is 375 g/mol. The van der Waals surface area contributed by atoms with Gasteiger partial charge in [0.1, 0.15) is 28.8 Å². The summed E-state index contributed by atoms with van der Waals surface area (Å²) in [6.07, 6.45) is 4.31. The van der Waals surface area contributed by atoms with E-state index in [1.165, 1.54) is 15.9 Å². The molecule has 3 aromatic carbocycles. The van der Waals surface area contributed by atoms with Crippen LogP contribution in [0.5, 0.6) is 0 Å². The molecule has 0 saturated carbocycles. The molecule has 0 fully saturated rings. The predicted octanol–water partition coefficient (Wildman–Crippen LogP) is 4.88. The molecular formula is C26H28O2P+. The van der Waals surface area contributed by atoms with Gasteiger partial charge in [-0.25, -0.2) is 4.79 Å². The van der Waals surface area contributed by atoms with Gasteiger partial charge in [0.15, 0.2) is 0 Å². The lowest BCUT2D eigenvalue weighted by Gasteiger charge is -2.26. The molecule has 2 nitrogen and oxygen atoms in total. The molecule has 0 aliphatic rings. The van der Waals surface area contributed by atoms with Gasteiger partial charge < -0.3 is 4.74 Å². The normalized spacial score (nSPS) is 12.1. The van der Waals surface area contributed by atoms with E-state index >= 15 is 0 Å². The third-order valence-corrected chi connectivity index (χ3v) is 8.93. The van der Waals surface area contributed by atoms with Crippen molar-refractivity contribution in [3.05, 3.63) is 103 Å². The van der Waals surface area contributed by atoms with Crippen molar-refractivity contribution in [2.75, 3.05) is 6.16 Å². The number of carbonyl (C=O) groups excluding carboxylic acids is 1. The van der Waals surface area contributed by atoms with E-state index in [4.69, 9.17) is 4.74 Å². The number of rotatable bonds is 6. The van der Waals surface area contributed by atoms with Crippen molar-refractivity contribution in [3.63, 3.8) is 0 Å². The Morgan fingerprint density at radius 2 is 1.14 bits per heavy atom. The van der Waals surface area contributed by atoms with Gasteiger partial charge in [-0.05, 0) is 63.2 Å². The Hall–Kier alpha value is -2.70. The minimum Gasteiger partial charge on any atom is -0.457 e. The summed E-state index contributed by atoms with van der Waals surface area (Å²) in [7, 11) is -1.96. The summed E-state index contributed by atoms with van der Waals surface area (Å²) in [4.78, 5) is 12.3. The molecule has 0 spiro atoms. The quantitative estimate of drug-likeness (QED) is 0.333. The number of allylic oxidation sites excluding steroid dienone is 1. The minimum atomic E-state index is -1.96. The molecule has 29 heavy (non-hydrogen) atoms. The Bertz CT molecular complexity index is 846. The Morgan fingerprint density at radius 1 is 0.759 bits per heavy atom. The lowest BCUT2D eigenvalue weighted by molar-refractivity contribution is -0.148. The highest BCUT2D eigenvalue weighted by atomic mass is 31.2. The fourth-order valence-corrected chi connectivity index (χ4v) is 7.45. The van der Waals surface area contributed by atoms with Crippen LogP contribution in [0.1, 0.15) is 20.8 Å². The second-order valence-electron chi connectivity index (χ2n) is 7.93. The molecule has 0 atom stereocenters. The van der Waals surface area contributed by atoms with Crippen molar-refractivity contribution in [1.82, 2.24) is 0 Å². The standard InChI is InChI=1S/C26H28O2P/c1-26(2,3)28-25(27)20-13-21-29(22-14-7-4-8-15-22,23-16-9-5-10-17-23)24-18-11-6-12-19-24/h4-20H,21H2,1-3H3/q+1. The zero-order chi connectivity index (χ0) is 20.7. The van der Waals surface area contributed by atoms with Crippen molar-refractivity contribution >= 4 is 29.1 Å². The van der Waals surface area contributed by atoms with Crippen LogP contribution in [0.2, 0.25) is 0 Å². The van der Waals surface area contributed by atoms with E-state index in [1.807, 2.05) is 45.0 Å². The summed E-state index contributed by atoms with van der Waals surface area (Å²) in [5.74, 6) is -0.301. The van der Waals surface area contributed by atoms with Crippen molar-refractivity contribution in [3.8, 4) is 0 Å². The molecule has 148 valence electrons. The first-order valence-corrected chi connectivity index (χ1v) is 11.8. The fraction of sp³-hybridized carbons (Fsp3) is 0.192. The molecule has 0 saturated heterocycles. The van der Waals surface area contributed by atoms with Crippen LogP contribution < -0.4 is 15.9 Å². The topological polar surface area (TPSA) is 26.3 Å². The second kappa shape index (κ2) is 9.20. The number of hydrogen-bond acceptors (Lipinski definition) is 2. The van der Waals surface area contributed by atoms with Crippen LogP contribution >= 0.6 is 7.26 Å². The Morgan fingerprint density at radius 3 is 1.48 bits per heavy atom. The predicted molar refractivity (Wildman–Crippen MR) is 125 cm³/mol. The number of hydrogen-bond donors (Lipinski definition) is 0. The van der Waals surface area contributed by atoms with Gasteiger partial charge in [-0.3, -0.25) is 0 Å². The molecule has 0 aliphatic carbocycles.